The van der Waals surface area contributed by atoms with Gasteiger partial charge in [0.25, 0.3) is 5.95 Å². The van der Waals surface area contributed by atoms with Crippen LogP contribution < -0.4 is 14.7 Å². The van der Waals surface area contributed by atoms with Crippen LogP contribution in [0.3, 0.4) is 0 Å². The highest BCUT2D eigenvalue weighted by Gasteiger charge is 2.19. The van der Waals surface area contributed by atoms with E-state index in [4.69, 9.17) is 14.7 Å². The van der Waals surface area contributed by atoms with Crippen LogP contribution in [-0.2, 0) is 10.1 Å². The number of hydrogen-bond acceptors (Lipinski definition) is 9. The lowest BCUT2D eigenvalue weighted by Gasteiger charge is -2.11. The molecule has 2 aromatic carbocycles. The Kier molecular flexibility index (Phi) is 5.03. The Labute approximate surface area is 155 Å². The van der Waals surface area contributed by atoms with Gasteiger partial charge in [0, 0.05) is 0 Å². The topological polar surface area (TPSA) is 135 Å². The Bertz CT molecular complexity index is 1080. The van der Waals surface area contributed by atoms with Gasteiger partial charge in [0.1, 0.15) is 4.90 Å². The molecule has 1 heterocycles. The average molecular weight is 388 g/mol. The molecule has 0 saturated heterocycles. The Morgan fingerprint density at radius 2 is 1.89 bits per heavy atom. The molecule has 1 aromatic heterocycles. The molecular formula is C16H16N6O4S. The smallest absolute Gasteiger partial charge is 0.339 e. The summed E-state index contributed by atoms with van der Waals surface area (Å²) in [5.74, 6) is 0.304. The summed E-state index contributed by atoms with van der Waals surface area (Å²) in [6, 6.07) is 11.0. The van der Waals surface area contributed by atoms with Crippen LogP contribution in [0.5, 0.6) is 11.5 Å². The number of aryl methyl sites for hydroxylation is 1. The van der Waals surface area contributed by atoms with E-state index in [2.05, 4.69) is 20.6 Å². The van der Waals surface area contributed by atoms with E-state index in [-0.39, 0.29) is 22.3 Å². The molecular weight excluding hydrogens is 372 g/mol. The summed E-state index contributed by atoms with van der Waals surface area (Å²) in [6.45, 7) is 1.86. The lowest BCUT2D eigenvalue weighted by atomic mass is 10.2. The van der Waals surface area contributed by atoms with Crippen LogP contribution in [-0.4, -0.2) is 42.1 Å². The first-order valence-corrected chi connectivity index (χ1v) is 9.07. The van der Waals surface area contributed by atoms with Gasteiger partial charge >= 0.3 is 10.1 Å². The molecule has 10 nitrogen and oxygen atoms in total. The monoisotopic (exact) mass is 388 g/mol. The Hall–Kier alpha value is -3.47. The Morgan fingerprint density at radius 3 is 2.52 bits per heavy atom. The molecule has 0 unspecified atom stereocenters. The molecule has 0 bridgehead atoms. The number of aromatic nitrogens is 4. The normalized spacial score (nSPS) is 11.6. The standard InChI is InChI=1S/C16H16N6O4S/c1-11-3-6-13(7-4-11)27(23,24)26-14-8-5-12(9-15(14)25-2)10-18-22-16(17)19-20-21-22/h3-10H,1-2H3,(H2,17,19,21). The predicted octanol–water partition coefficient (Wildman–Crippen LogP) is 1.22. The lowest BCUT2D eigenvalue weighted by molar-refractivity contribution is 0.390. The van der Waals surface area contributed by atoms with E-state index >= 15 is 0 Å². The molecule has 0 aliphatic rings. The molecule has 0 atom stereocenters. The second-order valence-electron chi connectivity index (χ2n) is 5.43. The minimum absolute atomic E-state index is 0.0300. The van der Waals surface area contributed by atoms with Gasteiger partial charge in [-0.1, -0.05) is 27.6 Å². The molecule has 0 fully saturated rings. The molecule has 0 amide bonds. The lowest BCUT2D eigenvalue weighted by Crippen LogP contribution is -2.10. The minimum Gasteiger partial charge on any atom is -0.493 e. The second-order valence-corrected chi connectivity index (χ2v) is 6.98. The van der Waals surface area contributed by atoms with Crippen molar-refractivity contribution >= 4 is 22.3 Å². The zero-order valence-corrected chi connectivity index (χ0v) is 15.3. The molecule has 3 rings (SSSR count). The number of methoxy groups -OCH3 is 1. The van der Waals surface area contributed by atoms with Gasteiger partial charge in [0.2, 0.25) is 0 Å². The van der Waals surface area contributed by atoms with Gasteiger partial charge in [-0.05, 0) is 53.2 Å². The maximum absolute atomic E-state index is 12.4. The van der Waals surface area contributed by atoms with Crippen molar-refractivity contribution in [1.82, 2.24) is 20.3 Å². The Balaban J connectivity index is 1.85. The first-order chi connectivity index (χ1) is 12.9. The van der Waals surface area contributed by atoms with Crippen molar-refractivity contribution in [1.29, 1.82) is 0 Å². The van der Waals surface area contributed by atoms with Gasteiger partial charge < -0.3 is 14.7 Å². The largest absolute Gasteiger partial charge is 0.493 e. The van der Waals surface area contributed by atoms with E-state index in [1.165, 1.54) is 31.5 Å². The number of ether oxygens (including phenoxy) is 1. The van der Waals surface area contributed by atoms with Gasteiger partial charge in [-0.25, -0.2) is 0 Å². The number of nitrogen functional groups attached to an aromatic ring is 1. The number of nitrogens with zero attached hydrogens (tertiary/aromatic N) is 5. The third kappa shape index (κ3) is 4.20. The van der Waals surface area contributed by atoms with Gasteiger partial charge in [-0.15, -0.1) is 0 Å². The summed E-state index contributed by atoms with van der Waals surface area (Å²) in [7, 11) is -2.59. The molecule has 0 radical (unpaired) electrons. The van der Waals surface area contributed by atoms with Crippen LogP contribution in [0.1, 0.15) is 11.1 Å². The maximum atomic E-state index is 12.4. The van der Waals surface area contributed by atoms with Crippen molar-refractivity contribution < 1.29 is 17.3 Å². The van der Waals surface area contributed by atoms with Crippen LogP contribution in [0.2, 0.25) is 0 Å². The van der Waals surface area contributed by atoms with Crippen molar-refractivity contribution in [2.75, 3.05) is 12.8 Å². The zero-order valence-electron chi connectivity index (χ0n) is 14.5. The van der Waals surface area contributed by atoms with Crippen molar-refractivity contribution in [3.8, 4) is 11.5 Å². The summed E-state index contributed by atoms with van der Waals surface area (Å²) in [5, 5.41) is 14.4. The van der Waals surface area contributed by atoms with E-state index < -0.39 is 10.1 Å². The third-order valence-electron chi connectivity index (χ3n) is 3.49. The van der Waals surface area contributed by atoms with Crippen LogP contribution in [0.15, 0.2) is 52.5 Å². The second kappa shape index (κ2) is 7.41. The number of tetrazole rings is 1. The van der Waals surface area contributed by atoms with Crippen LogP contribution in [0.25, 0.3) is 0 Å². The van der Waals surface area contributed by atoms with Crippen molar-refractivity contribution in [2.45, 2.75) is 11.8 Å². The number of hydrogen-bond donors (Lipinski definition) is 1. The van der Waals surface area contributed by atoms with E-state index in [0.29, 0.717) is 5.56 Å². The van der Waals surface area contributed by atoms with E-state index in [1.54, 1.807) is 24.3 Å². The van der Waals surface area contributed by atoms with E-state index in [9.17, 15) is 8.42 Å². The first-order valence-electron chi connectivity index (χ1n) is 7.66. The maximum Gasteiger partial charge on any atom is 0.339 e. The van der Waals surface area contributed by atoms with E-state index in [1.807, 2.05) is 6.92 Å². The van der Waals surface area contributed by atoms with Crippen molar-refractivity contribution in [3.05, 3.63) is 53.6 Å². The minimum atomic E-state index is -3.99. The fourth-order valence-electron chi connectivity index (χ4n) is 2.10. The SMILES string of the molecule is COc1cc(C=Nn2nnnc2N)ccc1OS(=O)(=O)c1ccc(C)cc1. The molecule has 11 heteroatoms. The zero-order chi connectivity index (χ0) is 19.4. The predicted molar refractivity (Wildman–Crippen MR) is 97.2 cm³/mol. The van der Waals surface area contributed by atoms with Crippen molar-refractivity contribution in [2.24, 2.45) is 5.10 Å². The van der Waals surface area contributed by atoms with E-state index in [0.717, 1.165) is 10.4 Å². The van der Waals surface area contributed by atoms with Gasteiger partial charge in [-0.2, -0.15) is 13.5 Å². The fourth-order valence-corrected chi connectivity index (χ4v) is 3.04. The molecule has 140 valence electrons. The van der Waals surface area contributed by atoms with Crippen LogP contribution in [0, 0.1) is 6.92 Å². The summed E-state index contributed by atoms with van der Waals surface area (Å²) < 4.78 is 35.3. The molecule has 0 spiro atoms. The molecule has 0 saturated carbocycles. The number of rotatable bonds is 6. The molecule has 0 aliphatic carbocycles. The van der Waals surface area contributed by atoms with Gasteiger partial charge in [0.05, 0.1) is 13.3 Å². The Morgan fingerprint density at radius 1 is 1.15 bits per heavy atom. The number of anilines is 1. The first kappa shape index (κ1) is 18.3. The van der Waals surface area contributed by atoms with Gasteiger partial charge in [0.15, 0.2) is 11.5 Å². The average Bonchev–Trinajstić information content (AvgIpc) is 3.06. The highest BCUT2D eigenvalue weighted by molar-refractivity contribution is 7.87. The highest BCUT2D eigenvalue weighted by atomic mass is 32.2. The fraction of sp³-hybridized carbons (Fsp3) is 0.125. The highest BCUT2D eigenvalue weighted by Crippen LogP contribution is 2.30. The quantitative estimate of drug-likeness (QED) is 0.492. The number of nitrogens with two attached hydrogens (primary N) is 1. The summed E-state index contributed by atoms with van der Waals surface area (Å²) in [5.41, 5.74) is 7.06. The van der Waals surface area contributed by atoms with Crippen LogP contribution in [0.4, 0.5) is 5.95 Å². The molecule has 0 aliphatic heterocycles. The summed E-state index contributed by atoms with van der Waals surface area (Å²) in [6.07, 6.45) is 1.44. The third-order valence-corrected chi connectivity index (χ3v) is 4.74. The molecule has 27 heavy (non-hydrogen) atoms. The number of benzene rings is 2. The molecule has 3 aromatic rings. The van der Waals surface area contributed by atoms with Crippen molar-refractivity contribution in [3.63, 3.8) is 0 Å². The summed E-state index contributed by atoms with van der Waals surface area (Å²) >= 11 is 0. The molecule has 2 N–H and O–H groups in total. The van der Waals surface area contributed by atoms with Crippen LogP contribution >= 0.6 is 0 Å². The van der Waals surface area contributed by atoms with Gasteiger partial charge in [-0.3, -0.25) is 0 Å². The summed E-state index contributed by atoms with van der Waals surface area (Å²) in [4.78, 5) is 1.09.